The summed E-state index contributed by atoms with van der Waals surface area (Å²) in [6.07, 6.45) is 8.24. The summed E-state index contributed by atoms with van der Waals surface area (Å²) in [5.41, 5.74) is 3.66. The minimum absolute atomic E-state index is 1.11. The molecule has 0 saturated heterocycles. The molecule has 0 radical (unpaired) electrons. The molecule has 3 aromatic rings. The van der Waals surface area contributed by atoms with Crippen LogP contribution in [0.2, 0.25) is 0 Å². The summed E-state index contributed by atoms with van der Waals surface area (Å²) in [4.78, 5) is 0. The van der Waals surface area contributed by atoms with Crippen LogP contribution in [0.25, 0.3) is 28.0 Å². The van der Waals surface area contributed by atoms with E-state index in [1.54, 1.807) is 0 Å². The van der Waals surface area contributed by atoms with Gasteiger partial charge in [0, 0.05) is 4.47 Å². The molecule has 0 spiro atoms. The Morgan fingerprint density at radius 2 is 1.50 bits per heavy atom. The lowest BCUT2D eigenvalue weighted by molar-refractivity contribution is 1.57. The van der Waals surface area contributed by atoms with Crippen LogP contribution in [0, 0.1) is 0 Å². The van der Waals surface area contributed by atoms with Crippen molar-refractivity contribution in [2.75, 3.05) is 0 Å². The molecule has 0 aliphatic rings. The van der Waals surface area contributed by atoms with Gasteiger partial charge in [0.15, 0.2) is 0 Å². The molecule has 0 saturated carbocycles. The summed E-state index contributed by atoms with van der Waals surface area (Å²) in [7, 11) is 0. The van der Waals surface area contributed by atoms with Gasteiger partial charge in [0.1, 0.15) is 0 Å². The maximum atomic E-state index is 3.62. The van der Waals surface area contributed by atoms with Crippen molar-refractivity contribution >= 4 is 32.8 Å². The van der Waals surface area contributed by atoms with E-state index in [1.165, 1.54) is 27.5 Å². The van der Waals surface area contributed by atoms with Crippen LogP contribution in [0.1, 0.15) is 12.5 Å². The standard InChI is InChI=1S/C21H17Br/c1-2-3-4-9-20-15-19(12-13-21(20)22)18-11-10-16-7-5-6-8-17(16)14-18/h2-15H,1H3/b3-2-,9-4-. The number of halogens is 1. The minimum Gasteiger partial charge on any atom is -0.0877 e. The van der Waals surface area contributed by atoms with Crippen LogP contribution in [0.4, 0.5) is 0 Å². The van der Waals surface area contributed by atoms with Gasteiger partial charge in [-0.1, -0.05) is 82.7 Å². The number of fused-ring (bicyclic) bond motifs is 1. The molecule has 0 aliphatic carbocycles. The monoisotopic (exact) mass is 348 g/mol. The highest BCUT2D eigenvalue weighted by atomic mass is 79.9. The van der Waals surface area contributed by atoms with Gasteiger partial charge in [-0.05, 0) is 52.6 Å². The zero-order valence-corrected chi connectivity index (χ0v) is 14.0. The molecule has 0 nitrogen and oxygen atoms in total. The highest BCUT2D eigenvalue weighted by Gasteiger charge is 2.03. The third-order valence-corrected chi connectivity index (χ3v) is 4.38. The lowest BCUT2D eigenvalue weighted by atomic mass is 9.99. The van der Waals surface area contributed by atoms with E-state index >= 15 is 0 Å². The average Bonchev–Trinajstić information content (AvgIpc) is 2.56. The lowest BCUT2D eigenvalue weighted by Crippen LogP contribution is -1.82. The lowest BCUT2D eigenvalue weighted by Gasteiger charge is -2.07. The first-order valence-corrected chi connectivity index (χ1v) is 8.15. The summed E-state index contributed by atoms with van der Waals surface area (Å²) in [5.74, 6) is 0. The van der Waals surface area contributed by atoms with E-state index in [1.807, 2.05) is 19.1 Å². The molecule has 0 amide bonds. The third kappa shape index (κ3) is 3.20. The fourth-order valence-corrected chi connectivity index (χ4v) is 2.87. The first-order chi connectivity index (χ1) is 10.8. The molecule has 0 heterocycles. The van der Waals surface area contributed by atoms with Crippen LogP contribution < -0.4 is 0 Å². The minimum atomic E-state index is 1.11. The summed E-state index contributed by atoms with van der Waals surface area (Å²) in [6.45, 7) is 2.02. The SMILES string of the molecule is C/C=C\C=C/c1cc(-c2ccc3ccccc3c2)ccc1Br. The van der Waals surface area contributed by atoms with E-state index in [0.717, 1.165) is 4.47 Å². The molecule has 0 fully saturated rings. The van der Waals surface area contributed by atoms with Crippen LogP contribution in [0.3, 0.4) is 0 Å². The molecule has 0 atom stereocenters. The molecule has 0 bridgehead atoms. The topological polar surface area (TPSA) is 0 Å². The summed E-state index contributed by atoms with van der Waals surface area (Å²) < 4.78 is 1.11. The summed E-state index contributed by atoms with van der Waals surface area (Å²) in [6, 6.07) is 21.6. The van der Waals surface area contributed by atoms with E-state index in [-0.39, 0.29) is 0 Å². The van der Waals surface area contributed by atoms with Crippen molar-refractivity contribution in [1.82, 2.24) is 0 Å². The van der Waals surface area contributed by atoms with Crippen molar-refractivity contribution in [1.29, 1.82) is 0 Å². The smallest absolute Gasteiger partial charge is 0.0248 e. The highest BCUT2D eigenvalue weighted by molar-refractivity contribution is 9.10. The molecular weight excluding hydrogens is 332 g/mol. The Hall–Kier alpha value is -2.12. The highest BCUT2D eigenvalue weighted by Crippen LogP contribution is 2.28. The first kappa shape index (κ1) is 14.8. The number of hydrogen-bond acceptors (Lipinski definition) is 0. The maximum Gasteiger partial charge on any atom is 0.0248 e. The van der Waals surface area contributed by atoms with Crippen LogP contribution in [0.15, 0.2) is 83.4 Å². The van der Waals surface area contributed by atoms with Gasteiger partial charge in [0.05, 0.1) is 0 Å². The first-order valence-electron chi connectivity index (χ1n) is 7.36. The fourth-order valence-electron chi connectivity index (χ4n) is 2.49. The van der Waals surface area contributed by atoms with E-state index in [4.69, 9.17) is 0 Å². The second kappa shape index (κ2) is 6.76. The third-order valence-electron chi connectivity index (χ3n) is 3.66. The van der Waals surface area contributed by atoms with Gasteiger partial charge < -0.3 is 0 Å². The van der Waals surface area contributed by atoms with Gasteiger partial charge in [-0.25, -0.2) is 0 Å². The van der Waals surface area contributed by atoms with Gasteiger partial charge in [0.2, 0.25) is 0 Å². The van der Waals surface area contributed by atoms with Crippen LogP contribution in [0.5, 0.6) is 0 Å². The molecule has 3 aromatic carbocycles. The van der Waals surface area contributed by atoms with Crippen LogP contribution >= 0.6 is 15.9 Å². The second-order valence-corrected chi connectivity index (χ2v) is 6.04. The Kier molecular flexibility index (Phi) is 4.55. The molecule has 1 heteroatoms. The van der Waals surface area contributed by atoms with Crippen molar-refractivity contribution < 1.29 is 0 Å². The number of allylic oxidation sites excluding steroid dienone is 3. The molecule has 0 aliphatic heterocycles. The molecule has 22 heavy (non-hydrogen) atoms. The van der Waals surface area contributed by atoms with E-state index in [2.05, 4.69) is 88.7 Å². The van der Waals surface area contributed by atoms with E-state index in [9.17, 15) is 0 Å². The Labute approximate surface area is 139 Å². The Balaban J connectivity index is 2.04. The van der Waals surface area contributed by atoms with Crippen LogP contribution in [-0.4, -0.2) is 0 Å². The molecule has 0 N–H and O–H groups in total. The van der Waals surface area contributed by atoms with Crippen molar-refractivity contribution in [3.8, 4) is 11.1 Å². The number of hydrogen-bond donors (Lipinski definition) is 0. The van der Waals surface area contributed by atoms with Gasteiger partial charge in [-0.3, -0.25) is 0 Å². The summed E-state index contributed by atoms with van der Waals surface area (Å²) in [5, 5.41) is 2.55. The van der Waals surface area contributed by atoms with Gasteiger partial charge >= 0.3 is 0 Å². The maximum absolute atomic E-state index is 3.62. The Bertz CT molecular complexity index is 857. The molecule has 0 aromatic heterocycles. The number of rotatable bonds is 3. The predicted molar refractivity (Wildman–Crippen MR) is 101 cm³/mol. The Morgan fingerprint density at radius 3 is 2.32 bits per heavy atom. The Morgan fingerprint density at radius 1 is 0.773 bits per heavy atom. The number of benzene rings is 3. The van der Waals surface area contributed by atoms with E-state index < -0.39 is 0 Å². The van der Waals surface area contributed by atoms with Gasteiger partial charge in [0.25, 0.3) is 0 Å². The quantitative estimate of drug-likeness (QED) is 0.453. The van der Waals surface area contributed by atoms with Crippen LogP contribution in [-0.2, 0) is 0 Å². The second-order valence-electron chi connectivity index (χ2n) is 5.18. The normalized spacial score (nSPS) is 11.7. The van der Waals surface area contributed by atoms with E-state index in [0.29, 0.717) is 0 Å². The van der Waals surface area contributed by atoms with Crippen molar-refractivity contribution in [3.63, 3.8) is 0 Å². The van der Waals surface area contributed by atoms with Gasteiger partial charge in [-0.15, -0.1) is 0 Å². The summed E-state index contributed by atoms with van der Waals surface area (Å²) >= 11 is 3.62. The fraction of sp³-hybridized carbons (Fsp3) is 0.0476. The van der Waals surface area contributed by atoms with Crippen molar-refractivity contribution in [3.05, 3.63) is 88.9 Å². The van der Waals surface area contributed by atoms with Crippen molar-refractivity contribution in [2.45, 2.75) is 6.92 Å². The zero-order chi connectivity index (χ0) is 15.4. The van der Waals surface area contributed by atoms with Crippen molar-refractivity contribution in [2.24, 2.45) is 0 Å². The molecule has 3 rings (SSSR count). The largest absolute Gasteiger partial charge is 0.0877 e. The molecule has 0 unspecified atom stereocenters. The van der Waals surface area contributed by atoms with Gasteiger partial charge in [-0.2, -0.15) is 0 Å². The molecule has 108 valence electrons. The molecular formula is C21H17Br. The zero-order valence-electron chi connectivity index (χ0n) is 12.5. The average molecular weight is 349 g/mol. The predicted octanol–water partition coefficient (Wildman–Crippen LogP) is 6.86.